The summed E-state index contributed by atoms with van der Waals surface area (Å²) in [4.78, 5) is 13.1. The summed E-state index contributed by atoms with van der Waals surface area (Å²) in [7, 11) is 0. The van der Waals surface area contributed by atoms with Gasteiger partial charge in [-0.3, -0.25) is 4.79 Å². The molecule has 1 heterocycles. The van der Waals surface area contributed by atoms with Crippen molar-refractivity contribution in [3.8, 4) is 5.69 Å². The number of carbonyl (C=O) groups excluding carboxylic acids is 1. The zero-order chi connectivity index (χ0) is 22.6. The van der Waals surface area contributed by atoms with Gasteiger partial charge in [-0.25, -0.2) is 10.1 Å². The number of halogens is 1. The molecule has 0 aliphatic rings. The summed E-state index contributed by atoms with van der Waals surface area (Å²) in [5.74, 6) is -0.685. The van der Waals surface area contributed by atoms with Crippen LogP contribution in [0, 0.1) is 6.92 Å². The van der Waals surface area contributed by atoms with Crippen LogP contribution in [0.5, 0.6) is 0 Å². The van der Waals surface area contributed by atoms with E-state index in [-0.39, 0.29) is 0 Å². The number of hydrogen-bond donors (Lipinski definition) is 2. The van der Waals surface area contributed by atoms with Crippen molar-refractivity contribution in [2.75, 3.05) is 0 Å². The fourth-order valence-corrected chi connectivity index (χ4v) is 3.74. The Labute approximate surface area is 190 Å². The Morgan fingerprint density at radius 2 is 1.47 bits per heavy atom. The second kappa shape index (κ2) is 9.18. The lowest BCUT2D eigenvalue weighted by molar-refractivity contribution is -0.136. The Kier molecular flexibility index (Phi) is 6.16. The van der Waals surface area contributed by atoms with Gasteiger partial charge in [-0.2, -0.15) is 10.2 Å². The van der Waals surface area contributed by atoms with Gasteiger partial charge in [-0.1, -0.05) is 90.5 Å². The highest BCUT2D eigenvalue weighted by molar-refractivity contribution is 6.32. The van der Waals surface area contributed by atoms with Crippen molar-refractivity contribution in [1.29, 1.82) is 0 Å². The number of hydrazone groups is 1. The Morgan fingerprint density at radius 3 is 2.00 bits per heavy atom. The van der Waals surface area contributed by atoms with Gasteiger partial charge < -0.3 is 5.11 Å². The summed E-state index contributed by atoms with van der Waals surface area (Å²) in [5.41, 5.74) is 3.45. The van der Waals surface area contributed by atoms with Gasteiger partial charge in [0.05, 0.1) is 23.2 Å². The zero-order valence-electron chi connectivity index (χ0n) is 17.3. The minimum atomic E-state index is -1.91. The third-order valence-electron chi connectivity index (χ3n) is 5.12. The van der Waals surface area contributed by atoms with Crippen LogP contribution < -0.4 is 5.43 Å². The van der Waals surface area contributed by atoms with Gasteiger partial charge >= 0.3 is 0 Å². The predicted molar refractivity (Wildman–Crippen MR) is 125 cm³/mol. The van der Waals surface area contributed by atoms with Crippen LogP contribution in [0.4, 0.5) is 0 Å². The lowest BCUT2D eigenvalue weighted by atomic mass is 9.85. The Bertz CT molecular complexity index is 1200. The van der Waals surface area contributed by atoms with Gasteiger partial charge in [0.25, 0.3) is 5.91 Å². The molecule has 0 radical (unpaired) electrons. The Balaban J connectivity index is 1.62. The molecule has 0 fully saturated rings. The Hall–Kier alpha value is -3.74. The molecule has 0 saturated carbocycles. The predicted octanol–water partition coefficient (Wildman–Crippen LogP) is 4.22. The summed E-state index contributed by atoms with van der Waals surface area (Å²) < 4.78 is 1.60. The standard InChI is InChI=1S/C25H21ClN4O2/c1-18-22(23(26)30(29-18)21-15-9-4-10-16-21)17-27-28-24(31)25(32,19-11-5-2-6-12-19)20-13-7-3-8-14-20/h2-17,32H,1H3,(H,28,31). The number of aryl methyl sites for hydroxylation is 1. The van der Waals surface area contributed by atoms with Gasteiger partial charge in [0.1, 0.15) is 5.15 Å². The van der Waals surface area contributed by atoms with Crippen molar-refractivity contribution < 1.29 is 9.90 Å². The van der Waals surface area contributed by atoms with Crippen LogP contribution in [0.25, 0.3) is 5.69 Å². The maximum absolute atomic E-state index is 13.1. The molecular weight excluding hydrogens is 424 g/mol. The molecule has 0 atom stereocenters. The number of benzene rings is 3. The molecule has 1 amide bonds. The minimum absolute atomic E-state index is 0.369. The van der Waals surface area contributed by atoms with Gasteiger partial charge in [0, 0.05) is 0 Å². The first-order chi connectivity index (χ1) is 15.5. The molecule has 0 spiro atoms. The molecule has 0 aliphatic heterocycles. The van der Waals surface area contributed by atoms with Crippen LogP contribution in [-0.4, -0.2) is 27.0 Å². The molecule has 0 saturated heterocycles. The van der Waals surface area contributed by atoms with E-state index in [2.05, 4.69) is 15.6 Å². The fourth-order valence-electron chi connectivity index (χ4n) is 3.42. The van der Waals surface area contributed by atoms with Crippen molar-refractivity contribution in [3.63, 3.8) is 0 Å². The van der Waals surface area contributed by atoms with E-state index in [4.69, 9.17) is 11.6 Å². The molecular formula is C25H21ClN4O2. The van der Waals surface area contributed by atoms with Crippen LogP contribution in [0.3, 0.4) is 0 Å². The Morgan fingerprint density at radius 1 is 0.969 bits per heavy atom. The van der Waals surface area contributed by atoms with Gasteiger partial charge in [-0.15, -0.1) is 0 Å². The summed E-state index contributed by atoms with van der Waals surface area (Å²) >= 11 is 6.51. The molecule has 3 aromatic carbocycles. The maximum atomic E-state index is 13.1. The smallest absolute Gasteiger partial charge is 0.281 e. The average Bonchev–Trinajstić information content (AvgIpc) is 3.13. The molecule has 0 aliphatic carbocycles. The van der Waals surface area contributed by atoms with E-state index in [9.17, 15) is 9.90 Å². The van der Waals surface area contributed by atoms with Crippen molar-refractivity contribution in [3.05, 3.63) is 119 Å². The second-order valence-electron chi connectivity index (χ2n) is 7.18. The number of amides is 1. The molecule has 6 nitrogen and oxygen atoms in total. The first kappa shape index (κ1) is 21.5. The van der Waals surface area contributed by atoms with Crippen LogP contribution in [0.1, 0.15) is 22.4 Å². The van der Waals surface area contributed by atoms with E-state index in [0.717, 1.165) is 5.69 Å². The first-order valence-corrected chi connectivity index (χ1v) is 10.4. The topological polar surface area (TPSA) is 79.5 Å². The van der Waals surface area contributed by atoms with Crippen molar-refractivity contribution in [1.82, 2.24) is 15.2 Å². The first-order valence-electron chi connectivity index (χ1n) is 9.99. The van der Waals surface area contributed by atoms with Gasteiger partial charge in [0.15, 0.2) is 5.60 Å². The van der Waals surface area contributed by atoms with Gasteiger partial charge in [-0.05, 0) is 30.2 Å². The highest BCUT2D eigenvalue weighted by atomic mass is 35.5. The maximum Gasteiger partial charge on any atom is 0.281 e. The van der Waals surface area contributed by atoms with Crippen LogP contribution in [0.15, 0.2) is 96.1 Å². The zero-order valence-corrected chi connectivity index (χ0v) is 18.1. The van der Waals surface area contributed by atoms with Crippen LogP contribution in [-0.2, 0) is 10.4 Å². The van der Waals surface area contributed by atoms with E-state index in [1.807, 2.05) is 42.5 Å². The highest BCUT2D eigenvalue weighted by Gasteiger charge is 2.39. The summed E-state index contributed by atoms with van der Waals surface area (Å²) in [6.07, 6.45) is 1.43. The van der Waals surface area contributed by atoms with Crippen LogP contribution in [0.2, 0.25) is 5.15 Å². The molecule has 4 rings (SSSR count). The monoisotopic (exact) mass is 444 g/mol. The number of para-hydroxylation sites is 1. The number of rotatable bonds is 6. The molecule has 7 heteroatoms. The molecule has 0 unspecified atom stereocenters. The normalized spacial score (nSPS) is 11.6. The van der Waals surface area contributed by atoms with E-state index in [0.29, 0.717) is 27.5 Å². The highest BCUT2D eigenvalue weighted by Crippen LogP contribution is 2.30. The largest absolute Gasteiger partial charge is 0.372 e. The van der Waals surface area contributed by atoms with Gasteiger partial charge in [0.2, 0.25) is 0 Å². The SMILES string of the molecule is Cc1nn(-c2ccccc2)c(Cl)c1C=NNC(=O)C(O)(c1ccccc1)c1ccccc1. The number of nitrogens with zero attached hydrogens (tertiary/aromatic N) is 3. The molecule has 1 aromatic heterocycles. The average molecular weight is 445 g/mol. The third-order valence-corrected chi connectivity index (χ3v) is 5.48. The number of carbonyl (C=O) groups is 1. The number of aliphatic hydroxyl groups is 1. The fraction of sp³-hybridized carbons (Fsp3) is 0.0800. The second-order valence-corrected chi connectivity index (χ2v) is 7.54. The van der Waals surface area contributed by atoms with E-state index in [1.54, 1.807) is 60.1 Å². The van der Waals surface area contributed by atoms with Crippen LogP contribution >= 0.6 is 11.6 Å². The van der Waals surface area contributed by atoms with E-state index >= 15 is 0 Å². The summed E-state index contributed by atoms with van der Waals surface area (Å²) in [6.45, 7) is 1.80. The molecule has 2 N–H and O–H groups in total. The number of hydrogen-bond acceptors (Lipinski definition) is 4. The molecule has 0 bridgehead atoms. The van der Waals surface area contributed by atoms with E-state index in [1.165, 1.54) is 6.21 Å². The summed E-state index contributed by atoms with van der Waals surface area (Å²) in [5, 5.41) is 20.3. The third kappa shape index (κ3) is 4.06. The minimum Gasteiger partial charge on any atom is -0.372 e. The van der Waals surface area contributed by atoms with E-state index < -0.39 is 11.5 Å². The lowest BCUT2D eigenvalue weighted by Crippen LogP contribution is -2.43. The molecule has 4 aromatic rings. The lowest BCUT2D eigenvalue weighted by Gasteiger charge is -2.27. The van der Waals surface area contributed by atoms with Crippen molar-refractivity contribution >= 4 is 23.7 Å². The van der Waals surface area contributed by atoms with Crippen molar-refractivity contribution in [2.24, 2.45) is 5.10 Å². The molecule has 32 heavy (non-hydrogen) atoms. The number of aromatic nitrogens is 2. The number of nitrogens with one attached hydrogen (secondary N) is 1. The quantitative estimate of drug-likeness (QED) is 0.345. The van der Waals surface area contributed by atoms with Crippen molar-refractivity contribution in [2.45, 2.75) is 12.5 Å². The summed E-state index contributed by atoms with van der Waals surface area (Å²) in [6, 6.07) is 27.0. The molecule has 160 valence electrons.